The molecular weight excluding hydrogens is 274 g/mol. The Kier molecular flexibility index (Phi) is 5.37. The number of thiazole rings is 1. The summed E-state index contributed by atoms with van der Waals surface area (Å²) in [5, 5.41) is 18.4. The molecule has 0 aliphatic heterocycles. The van der Waals surface area contributed by atoms with Crippen molar-refractivity contribution in [2.24, 2.45) is 0 Å². The third-order valence-electron chi connectivity index (χ3n) is 3.81. The van der Waals surface area contributed by atoms with E-state index < -0.39 is 5.54 Å². The smallest absolute Gasteiger partial charge is 0.315 e. The third-order valence-corrected chi connectivity index (χ3v) is 4.85. The van der Waals surface area contributed by atoms with Gasteiger partial charge in [-0.05, 0) is 19.3 Å². The van der Waals surface area contributed by atoms with E-state index in [1.165, 1.54) is 0 Å². The number of aliphatic hydroxyl groups is 1. The van der Waals surface area contributed by atoms with E-state index in [1.54, 1.807) is 11.3 Å². The van der Waals surface area contributed by atoms with Gasteiger partial charge in [-0.1, -0.05) is 19.8 Å². The molecule has 1 heterocycles. The van der Waals surface area contributed by atoms with E-state index in [1.807, 2.05) is 5.38 Å². The van der Waals surface area contributed by atoms with E-state index in [-0.39, 0.29) is 12.6 Å². The minimum absolute atomic E-state index is 0.0202. The number of rotatable bonds is 6. The lowest BCUT2D eigenvalue weighted by molar-refractivity contribution is 0.163. The number of carbonyl (C=O) groups is 1. The molecule has 1 aliphatic rings. The molecule has 3 N–H and O–H groups in total. The van der Waals surface area contributed by atoms with Crippen LogP contribution >= 0.6 is 11.3 Å². The highest BCUT2D eigenvalue weighted by molar-refractivity contribution is 7.09. The summed E-state index contributed by atoms with van der Waals surface area (Å²) in [6.07, 6.45) is 5.57. The number of carbonyl (C=O) groups excluding carboxylic acids is 1. The van der Waals surface area contributed by atoms with Gasteiger partial charge in [-0.2, -0.15) is 0 Å². The van der Waals surface area contributed by atoms with Gasteiger partial charge >= 0.3 is 6.03 Å². The zero-order valence-electron chi connectivity index (χ0n) is 11.9. The molecular formula is C14H23N3O2S. The maximum atomic E-state index is 11.9. The lowest BCUT2D eigenvalue weighted by atomic mass is 9.99. The minimum Gasteiger partial charge on any atom is -0.394 e. The van der Waals surface area contributed by atoms with Crippen LogP contribution in [0.1, 0.15) is 43.3 Å². The van der Waals surface area contributed by atoms with Crippen LogP contribution in [0.3, 0.4) is 0 Å². The summed E-state index contributed by atoms with van der Waals surface area (Å²) in [5.74, 6) is 0. The van der Waals surface area contributed by atoms with Gasteiger partial charge < -0.3 is 15.7 Å². The molecule has 1 aliphatic carbocycles. The van der Waals surface area contributed by atoms with Gasteiger partial charge in [0, 0.05) is 18.3 Å². The standard InChI is InChI=1S/C14H23N3O2S/c1-2-12-16-11(9-20-12)5-8-15-13(19)17-14(10-18)6-3-4-7-14/h9,18H,2-8,10H2,1H3,(H2,15,17,19). The molecule has 0 radical (unpaired) electrons. The molecule has 0 unspecified atom stereocenters. The van der Waals surface area contributed by atoms with E-state index in [0.717, 1.165) is 49.2 Å². The molecule has 1 aromatic rings. The third kappa shape index (κ3) is 3.93. The number of aryl methyl sites for hydroxylation is 1. The van der Waals surface area contributed by atoms with Gasteiger partial charge in [0.1, 0.15) is 0 Å². The summed E-state index contributed by atoms with van der Waals surface area (Å²) in [6, 6.07) is -0.188. The van der Waals surface area contributed by atoms with Crippen LogP contribution in [0, 0.1) is 0 Å². The van der Waals surface area contributed by atoms with Gasteiger partial charge in [-0.15, -0.1) is 11.3 Å². The Labute approximate surface area is 123 Å². The van der Waals surface area contributed by atoms with Crippen molar-refractivity contribution in [1.29, 1.82) is 0 Å². The highest BCUT2D eigenvalue weighted by Gasteiger charge is 2.34. The summed E-state index contributed by atoms with van der Waals surface area (Å²) in [6.45, 7) is 2.68. The van der Waals surface area contributed by atoms with Crippen molar-refractivity contribution in [2.45, 2.75) is 51.0 Å². The van der Waals surface area contributed by atoms with E-state index in [2.05, 4.69) is 22.5 Å². The van der Waals surface area contributed by atoms with Crippen molar-refractivity contribution in [1.82, 2.24) is 15.6 Å². The summed E-state index contributed by atoms with van der Waals surface area (Å²) in [7, 11) is 0. The lowest BCUT2D eigenvalue weighted by Gasteiger charge is -2.27. The van der Waals surface area contributed by atoms with Gasteiger partial charge in [-0.3, -0.25) is 0 Å². The Morgan fingerprint density at radius 3 is 2.85 bits per heavy atom. The zero-order chi connectivity index (χ0) is 14.4. The number of aromatic nitrogens is 1. The average Bonchev–Trinajstić information content (AvgIpc) is 3.08. The van der Waals surface area contributed by atoms with Gasteiger partial charge in [0.25, 0.3) is 0 Å². The molecule has 2 rings (SSSR count). The molecule has 0 bridgehead atoms. The molecule has 20 heavy (non-hydrogen) atoms. The SMILES string of the molecule is CCc1nc(CCNC(=O)NC2(CO)CCCC2)cs1. The molecule has 0 spiro atoms. The van der Waals surface area contributed by atoms with Crippen LogP contribution in [-0.4, -0.2) is 34.8 Å². The van der Waals surface area contributed by atoms with Crippen LogP contribution in [-0.2, 0) is 12.8 Å². The predicted molar refractivity (Wildman–Crippen MR) is 80.0 cm³/mol. The highest BCUT2D eigenvalue weighted by Crippen LogP contribution is 2.28. The van der Waals surface area contributed by atoms with Crippen molar-refractivity contribution in [2.75, 3.05) is 13.2 Å². The van der Waals surface area contributed by atoms with Gasteiger partial charge in [0.05, 0.1) is 22.8 Å². The molecule has 2 amide bonds. The number of nitrogens with one attached hydrogen (secondary N) is 2. The Balaban J connectivity index is 1.72. The maximum absolute atomic E-state index is 11.9. The second kappa shape index (κ2) is 7.04. The zero-order valence-corrected chi connectivity index (χ0v) is 12.8. The van der Waals surface area contributed by atoms with Crippen LogP contribution in [0.25, 0.3) is 0 Å². The second-order valence-corrected chi connectivity index (χ2v) is 6.31. The second-order valence-electron chi connectivity index (χ2n) is 5.36. The molecule has 112 valence electrons. The number of aliphatic hydroxyl groups excluding tert-OH is 1. The Bertz CT molecular complexity index is 441. The molecule has 0 saturated heterocycles. The summed E-state index contributed by atoms with van der Waals surface area (Å²) in [5.41, 5.74) is 0.630. The maximum Gasteiger partial charge on any atom is 0.315 e. The van der Waals surface area contributed by atoms with E-state index >= 15 is 0 Å². The van der Waals surface area contributed by atoms with Crippen molar-refractivity contribution >= 4 is 17.4 Å². The first-order valence-electron chi connectivity index (χ1n) is 7.27. The van der Waals surface area contributed by atoms with E-state index in [4.69, 9.17) is 0 Å². The van der Waals surface area contributed by atoms with Crippen molar-refractivity contribution in [3.05, 3.63) is 16.1 Å². The van der Waals surface area contributed by atoms with Crippen LogP contribution in [0.4, 0.5) is 4.79 Å². The fraction of sp³-hybridized carbons (Fsp3) is 0.714. The molecule has 1 saturated carbocycles. The Morgan fingerprint density at radius 2 is 2.25 bits per heavy atom. The first kappa shape index (κ1) is 15.3. The molecule has 0 aromatic carbocycles. The molecule has 6 heteroatoms. The summed E-state index contributed by atoms with van der Waals surface area (Å²) >= 11 is 1.67. The number of nitrogens with zero attached hydrogens (tertiary/aromatic N) is 1. The monoisotopic (exact) mass is 297 g/mol. The van der Waals surface area contributed by atoms with E-state index in [9.17, 15) is 9.90 Å². The normalized spacial score (nSPS) is 17.1. The highest BCUT2D eigenvalue weighted by atomic mass is 32.1. The van der Waals surface area contributed by atoms with Crippen LogP contribution in [0.5, 0.6) is 0 Å². The number of hydrogen-bond acceptors (Lipinski definition) is 4. The first-order chi connectivity index (χ1) is 9.67. The molecule has 1 fully saturated rings. The predicted octanol–water partition coefficient (Wildman–Crippen LogP) is 1.85. The van der Waals surface area contributed by atoms with Crippen molar-refractivity contribution < 1.29 is 9.90 Å². The minimum atomic E-state index is -0.403. The van der Waals surface area contributed by atoms with Crippen LogP contribution in [0.2, 0.25) is 0 Å². The van der Waals surface area contributed by atoms with Gasteiger partial charge in [0.2, 0.25) is 0 Å². The van der Waals surface area contributed by atoms with Crippen LogP contribution in [0.15, 0.2) is 5.38 Å². The van der Waals surface area contributed by atoms with E-state index in [0.29, 0.717) is 6.54 Å². The molecule has 0 atom stereocenters. The Hall–Kier alpha value is -1.14. The van der Waals surface area contributed by atoms with Crippen LogP contribution < -0.4 is 10.6 Å². The topological polar surface area (TPSA) is 74.2 Å². The summed E-state index contributed by atoms with van der Waals surface area (Å²) < 4.78 is 0. The molecule has 5 nitrogen and oxygen atoms in total. The lowest BCUT2D eigenvalue weighted by Crippen LogP contribution is -2.53. The molecule has 1 aromatic heterocycles. The number of amides is 2. The fourth-order valence-corrected chi connectivity index (χ4v) is 3.37. The number of urea groups is 1. The summed E-state index contributed by atoms with van der Waals surface area (Å²) in [4.78, 5) is 16.3. The fourth-order valence-electron chi connectivity index (χ4n) is 2.59. The van der Waals surface area contributed by atoms with Gasteiger partial charge in [-0.25, -0.2) is 9.78 Å². The van der Waals surface area contributed by atoms with Crippen molar-refractivity contribution in [3.8, 4) is 0 Å². The van der Waals surface area contributed by atoms with Crippen molar-refractivity contribution in [3.63, 3.8) is 0 Å². The quantitative estimate of drug-likeness (QED) is 0.750. The average molecular weight is 297 g/mol. The number of hydrogen-bond donors (Lipinski definition) is 3. The largest absolute Gasteiger partial charge is 0.394 e. The van der Waals surface area contributed by atoms with Gasteiger partial charge in [0.15, 0.2) is 0 Å². The first-order valence-corrected chi connectivity index (χ1v) is 8.15. The Morgan fingerprint density at radius 1 is 1.50 bits per heavy atom.